The zero-order valence-corrected chi connectivity index (χ0v) is 23.7. The standard InChI is InChI=1S/C24H42ClN7O4S/c1-12-5-13(14-6-20(25)27-8-17(14)35-3)15(7-26-12)22(33)29-24-28-16-9-32(11-19(16)37-24)23(34)21-18(36-4)10-31(2)30-21/h12-21,24,26-28,30H,5-11H2,1-4H3,(H,29,33). The average molecular weight is 560 g/mol. The van der Waals surface area contributed by atoms with Crippen molar-refractivity contribution in [1.29, 1.82) is 0 Å². The van der Waals surface area contributed by atoms with Crippen molar-refractivity contribution in [2.24, 2.45) is 17.8 Å². The van der Waals surface area contributed by atoms with Crippen molar-refractivity contribution in [1.82, 2.24) is 36.6 Å². The molecule has 0 aromatic rings. The first-order valence-electron chi connectivity index (χ1n) is 13.4. The van der Waals surface area contributed by atoms with Crippen molar-refractivity contribution in [2.75, 3.05) is 54.0 Å². The number of halogens is 1. The first-order valence-corrected chi connectivity index (χ1v) is 14.8. The lowest BCUT2D eigenvalue weighted by atomic mass is 9.70. The highest BCUT2D eigenvalue weighted by Gasteiger charge is 2.48. The number of fused-ring (bicyclic) bond motifs is 1. The molecule has 11 nitrogen and oxygen atoms in total. The van der Waals surface area contributed by atoms with Crippen LogP contribution in [0.2, 0.25) is 0 Å². The highest BCUT2D eigenvalue weighted by Crippen LogP contribution is 2.38. The minimum absolute atomic E-state index is 0.0503. The van der Waals surface area contributed by atoms with Gasteiger partial charge in [-0.05, 0) is 31.6 Å². The molecule has 0 radical (unpaired) electrons. The van der Waals surface area contributed by atoms with Crippen molar-refractivity contribution in [3.8, 4) is 0 Å². The van der Waals surface area contributed by atoms with E-state index in [1.807, 2.05) is 17.0 Å². The van der Waals surface area contributed by atoms with Gasteiger partial charge in [0.05, 0.1) is 23.6 Å². The number of hydrogen-bond donors (Lipinski definition) is 5. The zero-order valence-electron chi connectivity index (χ0n) is 22.1. The van der Waals surface area contributed by atoms with Gasteiger partial charge in [-0.15, -0.1) is 23.4 Å². The second-order valence-electron chi connectivity index (χ2n) is 11.2. The van der Waals surface area contributed by atoms with E-state index in [-0.39, 0.29) is 70.1 Å². The third-order valence-electron chi connectivity index (χ3n) is 8.80. The van der Waals surface area contributed by atoms with E-state index in [2.05, 4.69) is 33.6 Å². The third kappa shape index (κ3) is 5.92. The summed E-state index contributed by atoms with van der Waals surface area (Å²) in [6, 6.07) is 0.147. The molecule has 5 rings (SSSR count). The lowest BCUT2D eigenvalue weighted by Gasteiger charge is -2.45. The van der Waals surface area contributed by atoms with Gasteiger partial charge >= 0.3 is 0 Å². The Morgan fingerprint density at radius 3 is 2.54 bits per heavy atom. The number of hydrogen-bond acceptors (Lipinski definition) is 10. The van der Waals surface area contributed by atoms with E-state index in [4.69, 9.17) is 21.1 Å². The van der Waals surface area contributed by atoms with E-state index in [9.17, 15) is 9.59 Å². The van der Waals surface area contributed by atoms with Gasteiger partial charge in [0, 0.05) is 71.3 Å². The fourth-order valence-corrected chi connectivity index (χ4v) is 8.52. The van der Waals surface area contributed by atoms with E-state index < -0.39 is 0 Å². The number of piperidine rings is 2. The van der Waals surface area contributed by atoms with Crippen molar-refractivity contribution >= 4 is 35.2 Å². The van der Waals surface area contributed by atoms with E-state index in [0.717, 1.165) is 12.8 Å². The van der Waals surface area contributed by atoms with Crippen LogP contribution in [-0.4, -0.2) is 122 Å². The van der Waals surface area contributed by atoms with Gasteiger partial charge in [0.25, 0.3) is 0 Å². The van der Waals surface area contributed by atoms with Gasteiger partial charge in [0.15, 0.2) is 0 Å². The van der Waals surface area contributed by atoms with Crippen LogP contribution in [0.1, 0.15) is 19.8 Å². The Labute approximate surface area is 228 Å². The Balaban J connectivity index is 1.16. The van der Waals surface area contributed by atoms with Crippen LogP contribution in [0.25, 0.3) is 0 Å². The van der Waals surface area contributed by atoms with Gasteiger partial charge < -0.3 is 25.0 Å². The number of nitrogens with one attached hydrogen (secondary N) is 5. The van der Waals surface area contributed by atoms with Crippen LogP contribution >= 0.6 is 23.4 Å². The maximum atomic E-state index is 13.6. The molecular weight excluding hydrogens is 518 g/mol. The Hall–Kier alpha value is -0.700. The van der Waals surface area contributed by atoms with Gasteiger partial charge in [-0.25, -0.2) is 10.4 Å². The molecule has 5 fully saturated rings. The summed E-state index contributed by atoms with van der Waals surface area (Å²) in [5.41, 5.74) is 2.96. The molecule has 37 heavy (non-hydrogen) atoms. The molecule has 13 heteroatoms. The van der Waals surface area contributed by atoms with Gasteiger partial charge in [-0.3, -0.25) is 20.2 Å². The first kappa shape index (κ1) is 27.9. The fourth-order valence-electron chi connectivity index (χ4n) is 6.82. The number of thioether (sulfide) groups is 1. The minimum atomic E-state index is -0.356. The molecule has 0 bridgehead atoms. The molecule has 5 saturated heterocycles. The Morgan fingerprint density at radius 1 is 1.03 bits per heavy atom. The molecule has 11 atom stereocenters. The quantitative estimate of drug-likeness (QED) is 0.203. The molecule has 0 aromatic heterocycles. The molecule has 210 valence electrons. The summed E-state index contributed by atoms with van der Waals surface area (Å²) >= 11 is 8.18. The lowest BCUT2D eigenvalue weighted by Crippen LogP contribution is -2.57. The second kappa shape index (κ2) is 11.8. The van der Waals surface area contributed by atoms with Crippen LogP contribution in [-0.2, 0) is 19.1 Å². The van der Waals surface area contributed by atoms with Crippen LogP contribution in [0.3, 0.4) is 0 Å². The third-order valence-corrected chi connectivity index (χ3v) is 10.5. The number of rotatable bonds is 6. The van der Waals surface area contributed by atoms with Crippen LogP contribution in [0, 0.1) is 17.8 Å². The normalized spacial score (nSPS) is 44.7. The van der Waals surface area contributed by atoms with Crippen molar-refractivity contribution in [3.05, 3.63) is 0 Å². The molecule has 11 unspecified atom stereocenters. The van der Waals surface area contributed by atoms with E-state index >= 15 is 0 Å². The molecule has 5 aliphatic heterocycles. The number of likely N-dealkylation sites (N-methyl/N-ethyl adjacent to an activating group) is 1. The summed E-state index contributed by atoms with van der Waals surface area (Å²) in [6.07, 6.45) is 1.61. The summed E-state index contributed by atoms with van der Waals surface area (Å²) in [5, 5.41) is 15.8. The number of methoxy groups -OCH3 is 2. The Bertz CT molecular complexity index is 831. The summed E-state index contributed by atoms with van der Waals surface area (Å²) < 4.78 is 11.3. The average Bonchev–Trinajstić information content (AvgIpc) is 3.56. The topological polar surface area (TPSA) is 119 Å². The van der Waals surface area contributed by atoms with Crippen molar-refractivity contribution in [2.45, 2.75) is 66.3 Å². The number of hydrazine groups is 1. The summed E-state index contributed by atoms with van der Waals surface area (Å²) in [7, 11) is 5.32. The fraction of sp³-hybridized carbons (Fsp3) is 0.917. The van der Waals surface area contributed by atoms with Crippen LogP contribution in [0.15, 0.2) is 0 Å². The van der Waals surface area contributed by atoms with Gasteiger partial charge in [0.1, 0.15) is 11.5 Å². The van der Waals surface area contributed by atoms with Crippen LogP contribution < -0.4 is 26.7 Å². The molecule has 0 saturated carbocycles. The molecule has 5 aliphatic rings. The molecule has 2 amide bonds. The smallest absolute Gasteiger partial charge is 0.243 e. The summed E-state index contributed by atoms with van der Waals surface area (Å²) in [5.74, 6) is 0.442. The minimum Gasteiger partial charge on any atom is -0.380 e. The van der Waals surface area contributed by atoms with Gasteiger partial charge in [0.2, 0.25) is 11.8 Å². The largest absolute Gasteiger partial charge is 0.380 e. The molecule has 0 spiro atoms. The van der Waals surface area contributed by atoms with Crippen molar-refractivity contribution in [3.63, 3.8) is 0 Å². The first-order chi connectivity index (χ1) is 17.8. The number of alkyl halides is 1. The molecule has 0 aliphatic carbocycles. The van der Waals surface area contributed by atoms with E-state index in [1.165, 1.54) is 0 Å². The van der Waals surface area contributed by atoms with Gasteiger partial charge in [-0.2, -0.15) is 0 Å². The zero-order chi connectivity index (χ0) is 26.3. The van der Waals surface area contributed by atoms with Crippen molar-refractivity contribution < 1.29 is 19.1 Å². The Kier molecular flexibility index (Phi) is 8.89. The number of ether oxygens (including phenoxy) is 2. The highest BCUT2D eigenvalue weighted by molar-refractivity contribution is 8.00. The molecule has 5 heterocycles. The summed E-state index contributed by atoms with van der Waals surface area (Å²) in [6.45, 7) is 5.52. The van der Waals surface area contributed by atoms with Crippen LogP contribution in [0.5, 0.6) is 0 Å². The predicted octanol–water partition coefficient (Wildman–Crippen LogP) is -1.06. The number of amides is 2. The van der Waals surface area contributed by atoms with Gasteiger partial charge in [-0.1, -0.05) is 0 Å². The number of nitrogens with zero attached hydrogens (tertiary/aromatic N) is 2. The summed E-state index contributed by atoms with van der Waals surface area (Å²) in [4.78, 5) is 28.7. The lowest BCUT2D eigenvalue weighted by molar-refractivity contribution is -0.135. The highest BCUT2D eigenvalue weighted by atomic mass is 35.5. The Morgan fingerprint density at radius 2 is 1.81 bits per heavy atom. The van der Waals surface area contributed by atoms with Crippen LogP contribution in [0.4, 0.5) is 0 Å². The number of carbonyl (C=O) groups excluding carboxylic acids is 2. The monoisotopic (exact) mass is 559 g/mol. The van der Waals surface area contributed by atoms with E-state index in [1.54, 1.807) is 26.0 Å². The number of likely N-dealkylation sites (tertiary alicyclic amines) is 1. The second-order valence-corrected chi connectivity index (χ2v) is 13.1. The molecular formula is C24H42ClN7O4S. The SMILES string of the molecule is COC1CN(C)NC1C(=O)N1CC2NC(NC(=O)C3CNC(C)CC3C3CC(Cl)NCC3OC)SC2C1. The van der Waals surface area contributed by atoms with E-state index in [0.29, 0.717) is 38.8 Å². The maximum Gasteiger partial charge on any atom is 0.243 e. The molecule has 5 N–H and O–H groups in total. The molecule has 0 aromatic carbocycles. The maximum absolute atomic E-state index is 13.6. The number of carbonyl (C=O) groups is 2. The predicted molar refractivity (Wildman–Crippen MR) is 143 cm³/mol.